The van der Waals surface area contributed by atoms with Crippen LogP contribution in [-0.2, 0) is 4.79 Å². The monoisotopic (exact) mass is 422 g/mol. The molecule has 2 aliphatic rings. The van der Waals surface area contributed by atoms with E-state index in [2.05, 4.69) is 15.9 Å². The van der Waals surface area contributed by atoms with Crippen molar-refractivity contribution in [3.05, 3.63) is 85.9 Å². The van der Waals surface area contributed by atoms with Gasteiger partial charge in [0, 0.05) is 22.9 Å². The molecule has 0 spiro atoms. The summed E-state index contributed by atoms with van der Waals surface area (Å²) >= 11 is 3.45. The fourth-order valence-electron chi connectivity index (χ4n) is 4.01. The van der Waals surface area contributed by atoms with E-state index in [1.807, 2.05) is 42.5 Å². The maximum atomic E-state index is 12.9. The average molecular weight is 423 g/mol. The van der Waals surface area contributed by atoms with Crippen molar-refractivity contribution in [2.45, 2.75) is 25.2 Å². The lowest BCUT2D eigenvalue weighted by molar-refractivity contribution is -0.116. The Balaban J connectivity index is 1.85. The summed E-state index contributed by atoms with van der Waals surface area (Å²) in [5, 5.41) is 0.749. The zero-order valence-corrected chi connectivity index (χ0v) is 15.9. The Hall–Kier alpha value is -2.66. The van der Waals surface area contributed by atoms with Crippen molar-refractivity contribution >= 4 is 32.7 Å². The van der Waals surface area contributed by atoms with Crippen LogP contribution >= 0.6 is 15.9 Å². The highest BCUT2D eigenvalue weighted by Gasteiger charge is 2.39. The number of benzene rings is 2. The number of para-hydroxylation sites is 1. The lowest BCUT2D eigenvalue weighted by Crippen LogP contribution is -2.29. The smallest absolute Gasteiger partial charge is 0.344 e. The molecule has 1 atom stereocenters. The maximum absolute atomic E-state index is 12.9. The molecule has 2 aromatic carbocycles. The first-order chi connectivity index (χ1) is 13.1. The molecule has 2 heterocycles. The predicted molar refractivity (Wildman–Crippen MR) is 105 cm³/mol. The van der Waals surface area contributed by atoms with Gasteiger partial charge in [0.05, 0.1) is 16.9 Å². The summed E-state index contributed by atoms with van der Waals surface area (Å²) in [5.41, 5.74) is 1.92. The van der Waals surface area contributed by atoms with E-state index in [1.54, 1.807) is 6.07 Å². The highest BCUT2D eigenvalue weighted by Crippen LogP contribution is 2.47. The van der Waals surface area contributed by atoms with Crippen LogP contribution < -0.4 is 10.4 Å². The van der Waals surface area contributed by atoms with Gasteiger partial charge in [0.2, 0.25) is 0 Å². The third-order valence-electron chi connectivity index (χ3n) is 5.21. The first-order valence-electron chi connectivity index (χ1n) is 8.89. The Morgan fingerprint density at radius 1 is 0.963 bits per heavy atom. The quantitative estimate of drug-likeness (QED) is 0.512. The number of rotatable bonds is 1. The van der Waals surface area contributed by atoms with Gasteiger partial charge in [-0.3, -0.25) is 4.79 Å². The molecule has 4 nitrogen and oxygen atoms in total. The molecule has 0 bridgehead atoms. The second kappa shape index (κ2) is 6.20. The Morgan fingerprint density at radius 3 is 2.56 bits per heavy atom. The number of fused-ring (bicyclic) bond motifs is 3. The van der Waals surface area contributed by atoms with Gasteiger partial charge >= 0.3 is 5.63 Å². The summed E-state index contributed by atoms with van der Waals surface area (Å²) in [6, 6.07) is 15.0. The Labute approximate surface area is 163 Å². The van der Waals surface area contributed by atoms with Crippen molar-refractivity contribution in [1.29, 1.82) is 0 Å². The molecule has 0 saturated carbocycles. The van der Waals surface area contributed by atoms with Crippen molar-refractivity contribution < 1.29 is 13.9 Å². The molecule has 0 amide bonds. The van der Waals surface area contributed by atoms with E-state index in [-0.39, 0.29) is 5.78 Å². The van der Waals surface area contributed by atoms with Crippen molar-refractivity contribution in [3.8, 4) is 5.75 Å². The molecule has 134 valence electrons. The van der Waals surface area contributed by atoms with Crippen LogP contribution in [0.5, 0.6) is 5.75 Å². The van der Waals surface area contributed by atoms with Crippen LogP contribution in [0.4, 0.5) is 0 Å². The zero-order chi connectivity index (χ0) is 18.5. The fourth-order valence-corrected chi connectivity index (χ4v) is 4.28. The summed E-state index contributed by atoms with van der Waals surface area (Å²) in [7, 11) is 0. The molecule has 1 aromatic heterocycles. The summed E-state index contributed by atoms with van der Waals surface area (Å²) in [6.45, 7) is 0. The molecule has 1 unspecified atom stereocenters. The lowest BCUT2D eigenvalue weighted by atomic mass is 9.77. The number of allylic oxidation sites excluding steroid dienone is 2. The Morgan fingerprint density at radius 2 is 1.74 bits per heavy atom. The number of carbonyl (C=O) groups is 1. The van der Waals surface area contributed by atoms with Gasteiger partial charge < -0.3 is 9.15 Å². The van der Waals surface area contributed by atoms with Crippen LogP contribution in [0.15, 0.2) is 73.5 Å². The van der Waals surface area contributed by atoms with E-state index in [9.17, 15) is 9.59 Å². The average Bonchev–Trinajstić information content (AvgIpc) is 2.68. The Kier molecular flexibility index (Phi) is 3.79. The normalized spacial score (nSPS) is 18.9. The number of hydrogen-bond acceptors (Lipinski definition) is 4. The van der Waals surface area contributed by atoms with Gasteiger partial charge in [-0.2, -0.15) is 0 Å². The second-order valence-corrected chi connectivity index (χ2v) is 7.74. The molecule has 5 rings (SSSR count). The van der Waals surface area contributed by atoms with Crippen LogP contribution in [0.2, 0.25) is 0 Å². The van der Waals surface area contributed by atoms with E-state index < -0.39 is 11.5 Å². The zero-order valence-electron chi connectivity index (χ0n) is 14.3. The highest BCUT2D eigenvalue weighted by molar-refractivity contribution is 9.10. The summed E-state index contributed by atoms with van der Waals surface area (Å²) in [4.78, 5) is 25.7. The van der Waals surface area contributed by atoms with E-state index in [4.69, 9.17) is 9.15 Å². The van der Waals surface area contributed by atoms with Gasteiger partial charge in [-0.1, -0.05) is 40.2 Å². The fraction of sp³-hybridized carbons (Fsp3) is 0.182. The molecule has 1 aliphatic heterocycles. The molecule has 0 N–H and O–H groups in total. The van der Waals surface area contributed by atoms with Gasteiger partial charge in [0.15, 0.2) is 5.78 Å². The SMILES string of the molecule is O=C1CCCC2=C1C(c1ccc(Br)cc1)c1c(c3ccccc3oc1=O)O2. The number of carbonyl (C=O) groups excluding carboxylic acids is 1. The van der Waals surface area contributed by atoms with E-state index in [1.165, 1.54) is 0 Å². The Bertz CT molecular complexity index is 1170. The van der Waals surface area contributed by atoms with Gasteiger partial charge in [-0.05, 0) is 36.2 Å². The third kappa shape index (κ3) is 2.57. The molecular formula is C22H15BrO4. The molecule has 0 saturated heterocycles. The number of ether oxygens (including phenoxy) is 1. The van der Waals surface area contributed by atoms with Crippen LogP contribution in [0.1, 0.15) is 36.3 Å². The molecule has 0 radical (unpaired) electrons. The summed E-state index contributed by atoms with van der Waals surface area (Å²) in [6.07, 6.45) is 1.94. The van der Waals surface area contributed by atoms with E-state index >= 15 is 0 Å². The highest BCUT2D eigenvalue weighted by atomic mass is 79.9. The van der Waals surface area contributed by atoms with Gasteiger partial charge in [-0.25, -0.2) is 4.79 Å². The third-order valence-corrected chi connectivity index (χ3v) is 5.74. The second-order valence-electron chi connectivity index (χ2n) is 6.83. The first kappa shape index (κ1) is 16.5. The predicted octanol–water partition coefficient (Wildman–Crippen LogP) is 5.09. The van der Waals surface area contributed by atoms with Crippen molar-refractivity contribution in [3.63, 3.8) is 0 Å². The van der Waals surface area contributed by atoms with Gasteiger partial charge in [0.25, 0.3) is 0 Å². The minimum Gasteiger partial charge on any atom is -0.460 e. The summed E-state index contributed by atoms with van der Waals surface area (Å²) in [5.74, 6) is 0.776. The number of halogens is 1. The minimum absolute atomic E-state index is 0.0439. The first-order valence-corrected chi connectivity index (χ1v) is 9.68. The molecule has 27 heavy (non-hydrogen) atoms. The van der Waals surface area contributed by atoms with Gasteiger partial charge in [0.1, 0.15) is 17.1 Å². The van der Waals surface area contributed by atoms with E-state index in [0.717, 1.165) is 21.8 Å². The number of ketones is 1. The van der Waals surface area contributed by atoms with E-state index in [0.29, 0.717) is 41.1 Å². The number of Topliss-reactive ketones (excluding diaryl/α,β-unsaturated/α-hetero) is 1. The topological polar surface area (TPSA) is 56.5 Å². The maximum Gasteiger partial charge on any atom is 0.344 e. The summed E-state index contributed by atoms with van der Waals surface area (Å²) < 4.78 is 12.7. The van der Waals surface area contributed by atoms with Crippen molar-refractivity contribution in [2.24, 2.45) is 0 Å². The van der Waals surface area contributed by atoms with Crippen LogP contribution in [-0.4, -0.2) is 5.78 Å². The van der Waals surface area contributed by atoms with Crippen LogP contribution in [0, 0.1) is 0 Å². The molecule has 5 heteroatoms. The molecular weight excluding hydrogens is 408 g/mol. The molecule has 0 fully saturated rings. The van der Waals surface area contributed by atoms with Gasteiger partial charge in [-0.15, -0.1) is 0 Å². The van der Waals surface area contributed by atoms with Crippen molar-refractivity contribution in [1.82, 2.24) is 0 Å². The largest absolute Gasteiger partial charge is 0.460 e. The number of hydrogen-bond donors (Lipinski definition) is 0. The lowest BCUT2D eigenvalue weighted by Gasteiger charge is -2.32. The van der Waals surface area contributed by atoms with Crippen molar-refractivity contribution in [2.75, 3.05) is 0 Å². The standard InChI is InChI=1S/C22H15BrO4/c23-13-10-8-12(9-11-13)18-19-15(24)5-3-7-17(19)26-21-14-4-1-2-6-16(14)27-22(25)20(18)21/h1-2,4,6,8-11,18H,3,5,7H2. The van der Waals surface area contributed by atoms with Crippen LogP contribution in [0.25, 0.3) is 11.0 Å². The molecule has 1 aliphatic carbocycles. The molecule has 3 aromatic rings. The van der Waals surface area contributed by atoms with Crippen LogP contribution in [0.3, 0.4) is 0 Å². The minimum atomic E-state index is -0.467.